The molecule has 0 aromatic heterocycles. The van der Waals surface area contributed by atoms with Crippen LogP contribution in [0.1, 0.15) is 25.3 Å². The summed E-state index contributed by atoms with van der Waals surface area (Å²) in [5.41, 5.74) is 1.45. The summed E-state index contributed by atoms with van der Waals surface area (Å²) in [6, 6.07) is 5.92. The summed E-state index contributed by atoms with van der Waals surface area (Å²) in [7, 11) is 3.73. The molecule has 1 aliphatic rings. The van der Waals surface area contributed by atoms with Crippen molar-refractivity contribution >= 4 is 11.6 Å². The normalized spacial score (nSPS) is 27.6. The van der Waals surface area contributed by atoms with E-state index in [1.807, 2.05) is 19.2 Å². The molecule has 94 valence electrons. The zero-order valence-corrected chi connectivity index (χ0v) is 11.5. The van der Waals surface area contributed by atoms with Gasteiger partial charge in [-0.3, -0.25) is 0 Å². The number of ether oxygens (including phenoxy) is 1. The van der Waals surface area contributed by atoms with Gasteiger partial charge in [0.25, 0.3) is 0 Å². The smallest absolute Gasteiger partial charge is 0.122 e. The summed E-state index contributed by atoms with van der Waals surface area (Å²) in [5, 5.41) is 4.09. The molecular weight excluding hydrogens is 234 g/mol. The van der Waals surface area contributed by atoms with Crippen LogP contribution in [-0.4, -0.2) is 20.7 Å². The fourth-order valence-electron chi connectivity index (χ4n) is 3.17. The van der Waals surface area contributed by atoms with E-state index in [0.717, 1.165) is 23.2 Å². The van der Waals surface area contributed by atoms with Gasteiger partial charge in [-0.2, -0.15) is 0 Å². The second kappa shape index (κ2) is 4.87. The molecule has 17 heavy (non-hydrogen) atoms. The van der Waals surface area contributed by atoms with Crippen molar-refractivity contribution in [2.24, 2.45) is 5.92 Å². The average Bonchev–Trinajstić information content (AvgIpc) is 2.27. The third-order valence-corrected chi connectivity index (χ3v) is 3.96. The van der Waals surface area contributed by atoms with Crippen LogP contribution in [-0.2, 0) is 5.41 Å². The highest BCUT2D eigenvalue weighted by Gasteiger charge is 2.44. The first-order chi connectivity index (χ1) is 8.11. The summed E-state index contributed by atoms with van der Waals surface area (Å²) in [6.07, 6.45) is 2.40. The molecule has 1 aromatic carbocycles. The molecule has 1 fully saturated rings. The number of nitrogens with one attached hydrogen (secondary N) is 1. The summed E-state index contributed by atoms with van der Waals surface area (Å²) in [6.45, 7) is 3.28. The number of rotatable bonds is 4. The molecule has 2 nitrogen and oxygen atoms in total. The SMILES string of the molecule is CNCC1(c2cc(Cl)ccc2OC)CC(C)C1. The largest absolute Gasteiger partial charge is 0.496 e. The third-order valence-electron chi connectivity index (χ3n) is 3.73. The number of hydrogen-bond donors (Lipinski definition) is 1. The predicted molar refractivity (Wildman–Crippen MR) is 72.0 cm³/mol. The number of benzene rings is 1. The van der Waals surface area contributed by atoms with Crippen molar-refractivity contribution in [3.05, 3.63) is 28.8 Å². The van der Waals surface area contributed by atoms with Crippen LogP contribution >= 0.6 is 11.6 Å². The molecule has 0 aliphatic heterocycles. The number of likely N-dealkylation sites (N-methyl/N-ethyl adjacent to an activating group) is 1. The first-order valence-electron chi connectivity index (χ1n) is 6.10. The van der Waals surface area contributed by atoms with Crippen molar-refractivity contribution in [1.82, 2.24) is 5.32 Å². The molecule has 0 atom stereocenters. The molecule has 3 heteroatoms. The predicted octanol–water partition coefficient (Wildman–Crippen LogP) is 3.24. The Morgan fingerprint density at radius 1 is 1.47 bits per heavy atom. The van der Waals surface area contributed by atoms with Gasteiger partial charge in [0.05, 0.1) is 7.11 Å². The van der Waals surface area contributed by atoms with Crippen LogP contribution in [0, 0.1) is 5.92 Å². The van der Waals surface area contributed by atoms with Crippen LogP contribution < -0.4 is 10.1 Å². The highest BCUT2D eigenvalue weighted by atomic mass is 35.5. The second-order valence-corrected chi connectivity index (χ2v) is 5.61. The Morgan fingerprint density at radius 2 is 2.18 bits per heavy atom. The van der Waals surface area contributed by atoms with E-state index in [1.54, 1.807) is 7.11 Å². The van der Waals surface area contributed by atoms with E-state index in [1.165, 1.54) is 18.4 Å². The number of hydrogen-bond acceptors (Lipinski definition) is 2. The van der Waals surface area contributed by atoms with E-state index in [4.69, 9.17) is 16.3 Å². The quantitative estimate of drug-likeness (QED) is 0.890. The molecule has 1 saturated carbocycles. The Labute approximate surface area is 108 Å². The van der Waals surface area contributed by atoms with Gasteiger partial charge in [-0.1, -0.05) is 18.5 Å². The van der Waals surface area contributed by atoms with Gasteiger partial charge in [0.2, 0.25) is 0 Å². The minimum Gasteiger partial charge on any atom is -0.496 e. The Morgan fingerprint density at radius 3 is 2.71 bits per heavy atom. The first kappa shape index (κ1) is 12.7. The highest BCUT2D eigenvalue weighted by molar-refractivity contribution is 6.30. The van der Waals surface area contributed by atoms with Crippen molar-refractivity contribution in [1.29, 1.82) is 0 Å². The lowest BCUT2D eigenvalue weighted by Gasteiger charge is -2.47. The summed E-state index contributed by atoms with van der Waals surface area (Å²) >= 11 is 6.12. The Bertz CT molecular complexity index is 394. The average molecular weight is 254 g/mol. The number of halogens is 1. The lowest BCUT2D eigenvalue weighted by molar-refractivity contribution is 0.151. The monoisotopic (exact) mass is 253 g/mol. The molecule has 1 N–H and O–H groups in total. The third kappa shape index (κ3) is 2.29. The van der Waals surface area contributed by atoms with Crippen molar-refractivity contribution in [2.45, 2.75) is 25.2 Å². The molecule has 0 spiro atoms. The molecule has 0 saturated heterocycles. The maximum Gasteiger partial charge on any atom is 0.122 e. The van der Waals surface area contributed by atoms with Gasteiger partial charge in [0.15, 0.2) is 0 Å². The zero-order valence-electron chi connectivity index (χ0n) is 10.7. The van der Waals surface area contributed by atoms with E-state index < -0.39 is 0 Å². The van der Waals surface area contributed by atoms with Gasteiger partial charge < -0.3 is 10.1 Å². The molecule has 0 amide bonds. The summed E-state index contributed by atoms with van der Waals surface area (Å²) in [4.78, 5) is 0. The molecule has 0 bridgehead atoms. The van der Waals surface area contributed by atoms with Gasteiger partial charge in [-0.05, 0) is 44.0 Å². The van der Waals surface area contributed by atoms with E-state index in [2.05, 4.69) is 18.3 Å². The van der Waals surface area contributed by atoms with Crippen LogP contribution in [0.2, 0.25) is 5.02 Å². The van der Waals surface area contributed by atoms with Crippen molar-refractivity contribution in [2.75, 3.05) is 20.7 Å². The molecule has 0 unspecified atom stereocenters. The minimum absolute atomic E-state index is 0.199. The standard InChI is InChI=1S/C14H20ClNO/c1-10-7-14(8-10,9-16-2)12-6-11(15)4-5-13(12)17-3/h4-6,10,16H,7-9H2,1-3H3. The summed E-state index contributed by atoms with van der Waals surface area (Å²) < 4.78 is 5.48. The number of methoxy groups -OCH3 is 1. The van der Waals surface area contributed by atoms with E-state index in [0.29, 0.717) is 0 Å². The zero-order chi connectivity index (χ0) is 12.5. The molecule has 1 aromatic rings. The van der Waals surface area contributed by atoms with Gasteiger partial charge >= 0.3 is 0 Å². The van der Waals surface area contributed by atoms with Crippen LogP contribution in [0.15, 0.2) is 18.2 Å². The fourth-order valence-corrected chi connectivity index (χ4v) is 3.34. The topological polar surface area (TPSA) is 21.3 Å². The maximum absolute atomic E-state index is 6.12. The lowest BCUT2D eigenvalue weighted by Crippen LogP contribution is -2.47. The van der Waals surface area contributed by atoms with Gasteiger partial charge in [-0.15, -0.1) is 0 Å². The van der Waals surface area contributed by atoms with Crippen molar-refractivity contribution in [3.8, 4) is 5.75 Å². The van der Waals surface area contributed by atoms with Crippen molar-refractivity contribution < 1.29 is 4.74 Å². The first-order valence-corrected chi connectivity index (χ1v) is 6.48. The van der Waals surface area contributed by atoms with Gasteiger partial charge in [0, 0.05) is 22.5 Å². The van der Waals surface area contributed by atoms with Crippen LogP contribution in [0.5, 0.6) is 5.75 Å². The molecular formula is C14H20ClNO. The second-order valence-electron chi connectivity index (χ2n) is 5.17. The minimum atomic E-state index is 0.199. The summed E-state index contributed by atoms with van der Waals surface area (Å²) in [5.74, 6) is 1.74. The highest BCUT2D eigenvalue weighted by Crippen LogP contribution is 2.50. The maximum atomic E-state index is 6.12. The Hall–Kier alpha value is -0.730. The van der Waals surface area contributed by atoms with Crippen LogP contribution in [0.25, 0.3) is 0 Å². The molecule has 2 rings (SSSR count). The van der Waals surface area contributed by atoms with Crippen LogP contribution in [0.4, 0.5) is 0 Å². The molecule has 0 heterocycles. The van der Waals surface area contributed by atoms with Gasteiger partial charge in [-0.25, -0.2) is 0 Å². The lowest BCUT2D eigenvalue weighted by atomic mass is 9.59. The molecule has 1 aliphatic carbocycles. The van der Waals surface area contributed by atoms with Gasteiger partial charge in [0.1, 0.15) is 5.75 Å². The Kier molecular flexibility index (Phi) is 3.64. The van der Waals surface area contributed by atoms with E-state index in [9.17, 15) is 0 Å². The fraction of sp³-hybridized carbons (Fsp3) is 0.571. The van der Waals surface area contributed by atoms with E-state index in [-0.39, 0.29) is 5.41 Å². The molecule has 0 radical (unpaired) electrons. The van der Waals surface area contributed by atoms with E-state index >= 15 is 0 Å². The Balaban J connectivity index is 2.39. The van der Waals surface area contributed by atoms with Crippen LogP contribution in [0.3, 0.4) is 0 Å². The van der Waals surface area contributed by atoms with Crippen molar-refractivity contribution in [3.63, 3.8) is 0 Å².